The molecule has 2 aromatic carbocycles. The zero-order chi connectivity index (χ0) is 20.7. The molecule has 8 heteroatoms. The zero-order valence-corrected chi connectivity index (χ0v) is 16.7. The van der Waals surface area contributed by atoms with Crippen LogP contribution in [-0.4, -0.2) is 62.8 Å². The third-order valence-electron chi connectivity index (χ3n) is 5.91. The van der Waals surface area contributed by atoms with E-state index in [0.29, 0.717) is 24.5 Å². The first kappa shape index (κ1) is 18.7. The molecule has 156 valence electrons. The van der Waals surface area contributed by atoms with E-state index in [1.54, 1.807) is 31.4 Å². The first-order valence-corrected chi connectivity index (χ1v) is 10.0. The van der Waals surface area contributed by atoms with E-state index < -0.39 is 6.04 Å². The summed E-state index contributed by atoms with van der Waals surface area (Å²) in [4.78, 5) is 31.4. The maximum atomic E-state index is 13.1. The summed E-state index contributed by atoms with van der Waals surface area (Å²) in [6.45, 7) is 3.23. The lowest BCUT2D eigenvalue weighted by atomic mass is 10.1. The standard InChI is InChI=1S/C22H23N3O5/c1-28-17-4-2-3-16(11-17)25-21(26)13-18(22(25)27)24-9-7-23(8-10-24)15-5-6-19-20(12-15)30-14-29-19/h2-6,11-12,18H,7-10,13-14H2,1H3/t18-/m1/s1. The first-order valence-electron chi connectivity index (χ1n) is 10.0. The number of amides is 2. The molecule has 2 aromatic rings. The number of anilines is 2. The largest absolute Gasteiger partial charge is 0.497 e. The van der Waals surface area contributed by atoms with E-state index in [1.807, 2.05) is 18.2 Å². The molecule has 1 atom stereocenters. The van der Waals surface area contributed by atoms with Crippen LogP contribution in [0, 0.1) is 0 Å². The Kier molecular flexibility index (Phi) is 4.71. The minimum absolute atomic E-state index is 0.162. The molecule has 0 spiro atoms. The Balaban J connectivity index is 1.26. The number of ether oxygens (including phenoxy) is 3. The molecule has 0 bridgehead atoms. The number of fused-ring (bicyclic) bond motifs is 1. The van der Waals surface area contributed by atoms with Gasteiger partial charge in [-0.15, -0.1) is 0 Å². The number of nitrogens with zero attached hydrogens (tertiary/aromatic N) is 3. The van der Waals surface area contributed by atoms with Crippen molar-refractivity contribution in [3.8, 4) is 17.2 Å². The van der Waals surface area contributed by atoms with Crippen molar-refractivity contribution in [2.24, 2.45) is 0 Å². The van der Waals surface area contributed by atoms with Gasteiger partial charge in [0, 0.05) is 44.0 Å². The monoisotopic (exact) mass is 409 g/mol. The summed E-state index contributed by atoms with van der Waals surface area (Å²) in [6.07, 6.45) is 0.208. The second-order valence-corrected chi connectivity index (χ2v) is 7.55. The number of methoxy groups -OCH3 is 1. The average Bonchev–Trinajstić information content (AvgIpc) is 3.37. The normalized spacial score (nSPS) is 21.4. The van der Waals surface area contributed by atoms with E-state index in [-0.39, 0.29) is 25.0 Å². The Bertz CT molecular complexity index is 986. The van der Waals surface area contributed by atoms with Crippen molar-refractivity contribution in [1.82, 2.24) is 4.90 Å². The molecule has 2 fully saturated rings. The number of imide groups is 1. The lowest BCUT2D eigenvalue weighted by Gasteiger charge is -2.38. The molecule has 2 amide bonds. The van der Waals surface area contributed by atoms with Gasteiger partial charge in [0.25, 0.3) is 5.91 Å². The summed E-state index contributed by atoms with van der Waals surface area (Å²) in [5.41, 5.74) is 1.64. The Labute approximate surface area is 174 Å². The molecule has 5 rings (SSSR count). The molecule has 8 nitrogen and oxygen atoms in total. The average molecular weight is 409 g/mol. The van der Waals surface area contributed by atoms with Gasteiger partial charge >= 0.3 is 0 Å². The van der Waals surface area contributed by atoms with Crippen LogP contribution in [0.15, 0.2) is 42.5 Å². The fourth-order valence-corrected chi connectivity index (χ4v) is 4.30. The van der Waals surface area contributed by atoms with Crippen LogP contribution >= 0.6 is 0 Å². The zero-order valence-electron chi connectivity index (χ0n) is 16.7. The smallest absolute Gasteiger partial charge is 0.251 e. The van der Waals surface area contributed by atoms with Crippen molar-refractivity contribution in [2.75, 3.05) is 49.9 Å². The fourth-order valence-electron chi connectivity index (χ4n) is 4.30. The van der Waals surface area contributed by atoms with E-state index >= 15 is 0 Å². The van der Waals surface area contributed by atoms with Crippen LogP contribution in [0.2, 0.25) is 0 Å². The molecule has 0 saturated carbocycles. The minimum Gasteiger partial charge on any atom is -0.497 e. The van der Waals surface area contributed by atoms with Gasteiger partial charge in [-0.05, 0) is 24.3 Å². The van der Waals surface area contributed by atoms with Crippen LogP contribution < -0.4 is 24.0 Å². The van der Waals surface area contributed by atoms with E-state index in [4.69, 9.17) is 14.2 Å². The molecule has 2 saturated heterocycles. The van der Waals surface area contributed by atoms with Gasteiger partial charge in [0.05, 0.1) is 25.3 Å². The SMILES string of the molecule is COc1cccc(N2C(=O)C[C@@H](N3CCN(c4ccc5c(c4)OCO5)CC3)C2=O)c1. The summed E-state index contributed by atoms with van der Waals surface area (Å²) in [6, 6.07) is 12.6. The third kappa shape index (κ3) is 3.23. The summed E-state index contributed by atoms with van der Waals surface area (Å²) < 4.78 is 16.1. The van der Waals surface area contributed by atoms with Gasteiger partial charge in [0.2, 0.25) is 12.7 Å². The van der Waals surface area contributed by atoms with E-state index in [1.165, 1.54) is 4.90 Å². The van der Waals surface area contributed by atoms with Gasteiger partial charge in [-0.25, -0.2) is 4.90 Å². The molecule has 30 heavy (non-hydrogen) atoms. The Morgan fingerprint density at radius 2 is 1.73 bits per heavy atom. The van der Waals surface area contributed by atoms with Gasteiger partial charge in [-0.3, -0.25) is 14.5 Å². The van der Waals surface area contributed by atoms with Gasteiger partial charge < -0.3 is 19.1 Å². The lowest BCUT2D eigenvalue weighted by molar-refractivity contribution is -0.123. The van der Waals surface area contributed by atoms with Gasteiger partial charge in [0.1, 0.15) is 5.75 Å². The maximum absolute atomic E-state index is 13.1. The molecule has 0 aliphatic carbocycles. The van der Waals surface area contributed by atoms with Crippen molar-refractivity contribution in [3.63, 3.8) is 0 Å². The van der Waals surface area contributed by atoms with Crippen molar-refractivity contribution in [3.05, 3.63) is 42.5 Å². The first-order chi connectivity index (χ1) is 14.6. The number of rotatable bonds is 4. The molecule has 0 N–H and O–H groups in total. The Morgan fingerprint density at radius 1 is 0.933 bits per heavy atom. The third-order valence-corrected chi connectivity index (χ3v) is 5.91. The van der Waals surface area contributed by atoms with Crippen LogP contribution in [0.25, 0.3) is 0 Å². The maximum Gasteiger partial charge on any atom is 0.251 e. The number of hydrogen-bond donors (Lipinski definition) is 0. The van der Waals surface area contributed by atoms with E-state index in [2.05, 4.69) is 9.80 Å². The van der Waals surface area contributed by atoms with Gasteiger partial charge in [-0.1, -0.05) is 6.07 Å². The molecule has 0 unspecified atom stereocenters. The highest BCUT2D eigenvalue weighted by molar-refractivity contribution is 6.22. The quantitative estimate of drug-likeness (QED) is 0.714. The van der Waals surface area contributed by atoms with Crippen molar-refractivity contribution in [1.29, 1.82) is 0 Å². The van der Waals surface area contributed by atoms with Crippen LogP contribution in [0.5, 0.6) is 17.2 Å². The van der Waals surface area contributed by atoms with Gasteiger partial charge in [0.15, 0.2) is 11.5 Å². The fraction of sp³-hybridized carbons (Fsp3) is 0.364. The Morgan fingerprint density at radius 3 is 2.53 bits per heavy atom. The van der Waals surface area contributed by atoms with E-state index in [9.17, 15) is 9.59 Å². The topological polar surface area (TPSA) is 71.6 Å². The summed E-state index contributed by atoms with van der Waals surface area (Å²) in [5.74, 6) is 1.82. The number of carbonyl (C=O) groups is 2. The van der Waals surface area contributed by atoms with Crippen LogP contribution in [-0.2, 0) is 9.59 Å². The number of carbonyl (C=O) groups excluding carboxylic acids is 2. The summed E-state index contributed by atoms with van der Waals surface area (Å²) in [7, 11) is 1.56. The highest BCUT2D eigenvalue weighted by atomic mass is 16.7. The molecule has 3 aliphatic heterocycles. The highest BCUT2D eigenvalue weighted by Gasteiger charge is 2.43. The van der Waals surface area contributed by atoms with Crippen LogP contribution in [0.4, 0.5) is 11.4 Å². The van der Waals surface area contributed by atoms with Crippen molar-refractivity contribution in [2.45, 2.75) is 12.5 Å². The van der Waals surface area contributed by atoms with Crippen molar-refractivity contribution < 1.29 is 23.8 Å². The molecular weight excluding hydrogens is 386 g/mol. The van der Waals surface area contributed by atoms with Crippen LogP contribution in [0.3, 0.4) is 0 Å². The predicted octanol–water partition coefficient (Wildman–Crippen LogP) is 1.88. The number of piperazine rings is 1. The predicted molar refractivity (Wildman–Crippen MR) is 110 cm³/mol. The van der Waals surface area contributed by atoms with Crippen molar-refractivity contribution >= 4 is 23.2 Å². The number of hydrogen-bond acceptors (Lipinski definition) is 7. The summed E-state index contributed by atoms with van der Waals surface area (Å²) in [5, 5.41) is 0. The second-order valence-electron chi connectivity index (χ2n) is 7.55. The molecule has 0 radical (unpaired) electrons. The lowest BCUT2D eigenvalue weighted by Crippen LogP contribution is -2.52. The second kappa shape index (κ2) is 7.53. The van der Waals surface area contributed by atoms with E-state index in [0.717, 1.165) is 30.3 Å². The minimum atomic E-state index is -0.414. The molecule has 3 aliphatic rings. The van der Waals surface area contributed by atoms with Gasteiger partial charge in [-0.2, -0.15) is 0 Å². The highest BCUT2D eigenvalue weighted by Crippen LogP contribution is 2.36. The van der Waals surface area contributed by atoms with Crippen LogP contribution in [0.1, 0.15) is 6.42 Å². The number of benzene rings is 2. The summed E-state index contributed by atoms with van der Waals surface area (Å²) >= 11 is 0. The molecular formula is C22H23N3O5. The Hall–Kier alpha value is -3.26. The molecule has 3 heterocycles. The molecule has 0 aromatic heterocycles.